The molecule has 0 radical (unpaired) electrons. The van der Waals surface area contributed by atoms with Gasteiger partial charge in [-0.15, -0.1) is 0 Å². The van der Waals surface area contributed by atoms with E-state index in [9.17, 15) is 9.90 Å². The number of benzene rings is 1. The Morgan fingerprint density at radius 2 is 1.81 bits per heavy atom. The number of aliphatic hydroxyl groups is 1. The molecule has 6 heteroatoms. The van der Waals surface area contributed by atoms with Crippen molar-refractivity contribution < 1.29 is 9.90 Å². The largest absolute Gasteiger partial charge is 0.396 e. The van der Waals surface area contributed by atoms with Gasteiger partial charge in [0.2, 0.25) is 0 Å². The van der Waals surface area contributed by atoms with Gasteiger partial charge in [-0.1, -0.05) is 32.0 Å². The molecule has 1 aromatic rings. The van der Waals surface area contributed by atoms with Crippen LogP contribution in [0.1, 0.15) is 50.4 Å². The lowest BCUT2D eigenvalue weighted by Gasteiger charge is -2.17. The van der Waals surface area contributed by atoms with Crippen LogP contribution in [0.15, 0.2) is 35.3 Å². The zero-order valence-electron chi connectivity index (χ0n) is 17.0. The van der Waals surface area contributed by atoms with Gasteiger partial charge < -0.3 is 21.1 Å². The van der Waals surface area contributed by atoms with Gasteiger partial charge in [0, 0.05) is 38.3 Å². The van der Waals surface area contributed by atoms with Crippen LogP contribution < -0.4 is 16.0 Å². The summed E-state index contributed by atoms with van der Waals surface area (Å²) in [7, 11) is 0. The monoisotopic (exact) mass is 376 g/mol. The lowest BCUT2D eigenvalue weighted by Crippen LogP contribution is -2.39. The molecule has 1 rings (SSSR count). The number of carbonyl (C=O) groups is 1. The highest BCUT2D eigenvalue weighted by Crippen LogP contribution is 2.15. The molecule has 0 aliphatic carbocycles. The molecule has 1 aromatic carbocycles. The summed E-state index contributed by atoms with van der Waals surface area (Å²) in [6.07, 6.45) is 2.66. The molecular formula is C21H36N4O2. The Labute approximate surface area is 163 Å². The number of rotatable bonds is 12. The Balaban J connectivity index is 2.35. The van der Waals surface area contributed by atoms with Crippen LogP contribution >= 0.6 is 0 Å². The maximum Gasteiger partial charge on any atom is 0.251 e. The summed E-state index contributed by atoms with van der Waals surface area (Å²) >= 11 is 0. The summed E-state index contributed by atoms with van der Waals surface area (Å²) in [6, 6.07) is 9.24. The third-order valence-electron chi connectivity index (χ3n) is 4.16. The Bertz CT molecular complexity index is 546. The second kappa shape index (κ2) is 14.0. The second-order valence-corrected chi connectivity index (χ2v) is 7.13. The van der Waals surface area contributed by atoms with E-state index in [1.165, 1.54) is 0 Å². The molecule has 0 aliphatic rings. The van der Waals surface area contributed by atoms with Crippen molar-refractivity contribution in [1.82, 2.24) is 16.0 Å². The first-order valence-corrected chi connectivity index (χ1v) is 10.0. The van der Waals surface area contributed by atoms with Gasteiger partial charge in [0.25, 0.3) is 5.91 Å². The minimum absolute atomic E-state index is 0.0447. The van der Waals surface area contributed by atoms with Crippen LogP contribution in [-0.2, 0) is 0 Å². The van der Waals surface area contributed by atoms with E-state index in [1.807, 2.05) is 37.3 Å². The fourth-order valence-electron chi connectivity index (χ4n) is 2.88. The Kier molecular flexibility index (Phi) is 11.9. The third kappa shape index (κ3) is 10.6. The molecule has 0 spiro atoms. The van der Waals surface area contributed by atoms with Crippen LogP contribution in [-0.4, -0.2) is 49.8 Å². The summed E-state index contributed by atoms with van der Waals surface area (Å²) in [6.45, 7) is 9.48. The number of nitrogens with zero attached hydrogens (tertiary/aromatic N) is 1. The second-order valence-electron chi connectivity index (χ2n) is 7.13. The summed E-state index contributed by atoms with van der Waals surface area (Å²) in [4.78, 5) is 16.6. The van der Waals surface area contributed by atoms with Gasteiger partial charge in [-0.05, 0) is 50.2 Å². The van der Waals surface area contributed by atoms with E-state index in [0.29, 0.717) is 30.5 Å². The van der Waals surface area contributed by atoms with Gasteiger partial charge in [0.1, 0.15) is 0 Å². The molecule has 6 nitrogen and oxygen atoms in total. The molecule has 0 aliphatic heterocycles. The Hall–Kier alpha value is -2.08. The number of aliphatic imine (C=N–C) groups is 1. The van der Waals surface area contributed by atoms with Gasteiger partial charge in [-0.2, -0.15) is 0 Å². The first-order chi connectivity index (χ1) is 13.1. The topological polar surface area (TPSA) is 85.8 Å². The molecule has 1 unspecified atom stereocenters. The minimum Gasteiger partial charge on any atom is -0.396 e. The zero-order chi connectivity index (χ0) is 19.9. The number of amides is 1. The predicted molar refractivity (Wildman–Crippen MR) is 112 cm³/mol. The smallest absolute Gasteiger partial charge is 0.251 e. The summed E-state index contributed by atoms with van der Waals surface area (Å²) in [5, 5.41) is 18.7. The number of hydrogen-bond donors (Lipinski definition) is 4. The molecule has 0 fully saturated rings. The standard InChI is InChI=1S/C21H36N4O2/c1-4-22-21(25-16-18(11-14-26)15-17(2)3)24-13-8-12-23-20(27)19-9-6-5-7-10-19/h5-7,9-10,17-18,26H,4,8,11-16H2,1-3H3,(H,23,27)(H2,22,24,25). The van der Waals surface area contributed by atoms with E-state index in [1.54, 1.807) is 0 Å². The average molecular weight is 377 g/mol. The van der Waals surface area contributed by atoms with Gasteiger partial charge in [-0.25, -0.2) is 0 Å². The lowest BCUT2D eigenvalue weighted by atomic mass is 9.94. The number of guanidine groups is 1. The average Bonchev–Trinajstić information content (AvgIpc) is 2.65. The maximum absolute atomic E-state index is 12.0. The molecule has 0 saturated heterocycles. The highest BCUT2D eigenvalue weighted by atomic mass is 16.3. The molecular weight excluding hydrogens is 340 g/mol. The summed E-state index contributed by atoms with van der Waals surface area (Å²) in [5.41, 5.74) is 0.681. The van der Waals surface area contributed by atoms with Crippen molar-refractivity contribution in [3.05, 3.63) is 35.9 Å². The van der Waals surface area contributed by atoms with Crippen LogP contribution in [0.3, 0.4) is 0 Å². The molecule has 27 heavy (non-hydrogen) atoms. The molecule has 0 heterocycles. The van der Waals surface area contributed by atoms with E-state index in [0.717, 1.165) is 38.3 Å². The van der Waals surface area contributed by atoms with E-state index < -0.39 is 0 Å². The van der Waals surface area contributed by atoms with E-state index in [4.69, 9.17) is 0 Å². The van der Waals surface area contributed by atoms with Crippen molar-refractivity contribution in [2.45, 2.75) is 40.0 Å². The molecule has 0 bridgehead atoms. The normalized spacial score (nSPS) is 12.7. The van der Waals surface area contributed by atoms with E-state index >= 15 is 0 Å². The molecule has 1 amide bonds. The van der Waals surface area contributed by atoms with Crippen molar-refractivity contribution >= 4 is 11.9 Å². The quantitative estimate of drug-likeness (QED) is 0.256. The first kappa shape index (κ1) is 23.0. The number of carbonyl (C=O) groups excluding carboxylic acids is 1. The maximum atomic E-state index is 12.0. The number of aliphatic hydroxyl groups excluding tert-OH is 1. The summed E-state index contributed by atoms with van der Waals surface area (Å²) in [5.74, 6) is 1.74. The van der Waals surface area contributed by atoms with Crippen LogP contribution in [0.5, 0.6) is 0 Å². The lowest BCUT2D eigenvalue weighted by molar-refractivity contribution is 0.0953. The highest BCUT2D eigenvalue weighted by Gasteiger charge is 2.10. The number of nitrogens with one attached hydrogen (secondary N) is 3. The molecule has 0 saturated carbocycles. The third-order valence-corrected chi connectivity index (χ3v) is 4.16. The fourth-order valence-corrected chi connectivity index (χ4v) is 2.88. The van der Waals surface area contributed by atoms with Gasteiger partial charge in [-0.3, -0.25) is 9.79 Å². The summed E-state index contributed by atoms with van der Waals surface area (Å²) < 4.78 is 0. The van der Waals surface area contributed by atoms with Gasteiger partial charge in [0.15, 0.2) is 5.96 Å². The van der Waals surface area contributed by atoms with Gasteiger partial charge in [0.05, 0.1) is 0 Å². The molecule has 152 valence electrons. The van der Waals surface area contributed by atoms with E-state index in [2.05, 4.69) is 34.8 Å². The molecule has 4 N–H and O–H groups in total. The van der Waals surface area contributed by atoms with Crippen LogP contribution in [0.25, 0.3) is 0 Å². The van der Waals surface area contributed by atoms with Crippen LogP contribution in [0.4, 0.5) is 0 Å². The minimum atomic E-state index is -0.0447. The van der Waals surface area contributed by atoms with Crippen molar-refractivity contribution in [3.63, 3.8) is 0 Å². The SMILES string of the molecule is CCNC(=NCC(CCO)CC(C)C)NCCCNC(=O)c1ccccc1. The fraction of sp³-hybridized carbons (Fsp3) is 0.619. The van der Waals surface area contributed by atoms with Crippen LogP contribution in [0.2, 0.25) is 0 Å². The van der Waals surface area contributed by atoms with Crippen molar-refractivity contribution in [2.75, 3.05) is 32.8 Å². The predicted octanol–water partition coefficient (Wildman–Crippen LogP) is 2.41. The van der Waals surface area contributed by atoms with Crippen molar-refractivity contribution in [2.24, 2.45) is 16.8 Å². The van der Waals surface area contributed by atoms with Gasteiger partial charge >= 0.3 is 0 Å². The highest BCUT2D eigenvalue weighted by molar-refractivity contribution is 5.94. The van der Waals surface area contributed by atoms with E-state index in [-0.39, 0.29) is 12.5 Å². The molecule has 0 aromatic heterocycles. The Morgan fingerprint density at radius 3 is 2.44 bits per heavy atom. The molecule has 1 atom stereocenters. The zero-order valence-corrected chi connectivity index (χ0v) is 17.0. The first-order valence-electron chi connectivity index (χ1n) is 10.0. The van der Waals surface area contributed by atoms with Crippen LogP contribution in [0, 0.1) is 11.8 Å². The Morgan fingerprint density at radius 1 is 1.11 bits per heavy atom. The van der Waals surface area contributed by atoms with Crippen molar-refractivity contribution in [1.29, 1.82) is 0 Å². The van der Waals surface area contributed by atoms with Crippen molar-refractivity contribution in [3.8, 4) is 0 Å². The number of hydrogen-bond acceptors (Lipinski definition) is 3.